The van der Waals surface area contributed by atoms with Crippen LogP contribution in [-0.2, 0) is 0 Å². The predicted octanol–water partition coefficient (Wildman–Crippen LogP) is 8.13. The van der Waals surface area contributed by atoms with E-state index in [0.29, 0.717) is 0 Å². The van der Waals surface area contributed by atoms with Crippen LogP contribution in [0.2, 0.25) is 0 Å². The van der Waals surface area contributed by atoms with Crippen LogP contribution in [0.3, 0.4) is 0 Å². The van der Waals surface area contributed by atoms with Gasteiger partial charge in [0.1, 0.15) is 24.9 Å². The monoisotopic (exact) mass is 432 g/mol. The third kappa shape index (κ3) is 2.66. The molecule has 0 N–H and O–H groups in total. The van der Waals surface area contributed by atoms with Gasteiger partial charge in [-0.1, -0.05) is 70.5 Å². The number of hydrogen-bond donors (Lipinski definition) is 0. The molecule has 2 aliphatic heterocycles. The van der Waals surface area contributed by atoms with Crippen molar-refractivity contribution in [2.45, 2.75) is 66.1 Å². The summed E-state index contributed by atoms with van der Waals surface area (Å²) in [7, 11) is 20.1. The van der Waals surface area contributed by atoms with Crippen LogP contribution >= 0.6 is 53.2 Å². The average molecular weight is 434 g/mol. The van der Waals surface area contributed by atoms with Crippen LogP contribution in [0.1, 0.15) is 62.3 Å². The van der Waals surface area contributed by atoms with Gasteiger partial charge in [-0.05, 0) is 5.41 Å². The molecule has 0 bridgehead atoms. The molecule has 0 aromatic heterocycles. The highest BCUT2D eigenvalue weighted by Gasteiger charge is 2.86. The van der Waals surface area contributed by atoms with Crippen molar-refractivity contribution >= 4 is 73.6 Å². The van der Waals surface area contributed by atoms with Gasteiger partial charge in [0.25, 0.3) is 0 Å². The standard InChI is InChI=1S/C15H27P3.Al.3ClH/c1-13(2,3)10-16-11(14(4,5)6)18(10)12(17-18)15(7,8)9;;;;/h1-9H3;;3*1H/q+1;+2;;;/p-3. The molecule has 0 nitrogen and oxygen atoms in total. The Morgan fingerprint density at radius 2 is 1.23 bits per heavy atom. The largest absolute Gasteiger partial charge is 0.509 e. The first-order valence-corrected chi connectivity index (χ1v) is 17.8. The molecule has 0 saturated heterocycles. The summed E-state index contributed by atoms with van der Waals surface area (Å²) >= 11 is 0. The lowest BCUT2D eigenvalue weighted by Gasteiger charge is -2.58. The third-order valence-electron chi connectivity index (χ3n) is 4.49. The van der Waals surface area contributed by atoms with Gasteiger partial charge in [-0.2, -0.15) is 0 Å². The van der Waals surface area contributed by atoms with E-state index in [1.807, 2.05) is 0 Å². The molecular weight excluding hydrogens is 406 g/mol. The number of hydrogen-bond acceptors (Lipinski definition) is 0. The second-order valence-corrected chi connectivity index (χ2v) is 28.8. The van der Waals surface area contributed by atoms with Gasteiger partial charge in [-0.15, -0.1) is 0 Å². The summed E-state index contributed by atoms with van der Waals surface area (Å²) in [5, 5.41) is 3.37. The molecule has 2 heterocycles. The summed E-state index contributed by atoms with van der Waals surface area (Å²) < 4.78 is -0.0789. The van der Waals surface area contributed by atoms with Gasteiger partial charge in [-0.25, -0.2) is 0 Å². The van der Waals surface area contributed by atoms with Crippen molar-refractivity contribution in [3.8, 4) is 0 Å². The molecule has 0 aliphatic carbocycles. The molecule has 0 aromatic rings. The van der Waals surface area contributed by atoms with Crippen molar-refractivity contribution in [2.75, 3.05) is 0 Å². The highest BCUT2D eigenvalue weighted by molar-refractivity contribution is 8.69. The Balaban J connectivity index is 2.70. The van der Waals surface area contributed by atoms with Crippen molar-refractivity contribution in [1.29, 1.82) is 0 Å². The van der Waals surface area contributed by atoms with Gasteiger partial charge < -0.3 is 30.1 Å². The van der Waals surface area contributed by atoms with E-state index in [9.17, 15) is 0 Å². The molecular formula is C15H27AlCl3P3. The van der Waals surface area contributed by atoms with Gasteiger partial charge in [0.2, 0.25) is 0 Å². The quantitative estimate of drug-likeness (QED) is 0.289. The van der Waals surface area contributed by atoms with Gasteiger partial charge in [0.05, 0.1) is 3.76 Å². The first-order chi connectivity index (χ1) is 9.43. The van der Waals surface area contributed by atoms with Crippen LogP contribution < -0.4 is 0 Å². The summed E-state index contributed by atoms with van der Waals surface area (Å²) in [6, 6.07) is 0. The van der Waals surface area contributed by atoms with Crippen LogP contribution in [0.5, 0.6) is 0 Å². The molecule has 126 valence electrons. The molecule has 0 radical (unpaired) electrons. The third-order valence-corrected chi connectivity index (χ3v) is 31.0. The Labute approximate surface area is 155 Å². The molecule has 2 rings (SSSR count). The van der Waals surface area contributed by atoms with E-state index in [1.54, 1.807) is 10.1 Å². The van der Waals surface area contributed by atoms with E-state index in [1.165, 1.54) is 16.1 Å². The Kier molecular flexibility index (Phi) is 4.98. The summed E-state index contributed by atoms with van der Waals surface area (Å²) in [6.07, 6.45) is 0. The fourth-order valence-electron chi connectivity index (χ4n) is 3.65. The minimum absolute atomic E-state index is 0.0347. The van der Waals surface area contributed by atoms with Crippen LogP contribution in [0.15, 0.2) is 0 Å². The van der Waals surface area contributed by atoms with Crippen LogP contribution in [-0.4, -0.2) is 24.1 Å². The van der Waals surface area contributed by atoms with Crippen molar-refractivity contribution in [1.82, 2.24) is 0 Å². The summed E-state index contributed by atoms with van der Waals surface area (Å²) in [5.74, 6) is 0. The maximum atomic E-state index is 6.82. The lowest BCUT2D eigenvalue weighted by Crippen LogP contribution is -2.59. The van der Waals surface area contributed by atoms with E-state index in [2.05, 4.69) is 62.3 Å². The van der Waals surface area contributed by atoms with Gasteiger partial charge in [-0.3, -0.25) is 0 Å². The van der Waals surface area contributed by atoms with Crippen LogP contribution in [0.25, 0.3) is 0 Å². The summed E-state index contributed by atoms with van der Waals surface area (Å²) in [5.41, 5.74) is 0.457. The Bertz CT molecular complexity index is 557. The zero-order chi connectivity index (χ0) is 17.6. The lowest BCUT2D eigenvalue weighted by molar-refractivity contribution is 0.423. The predicted molar refractivity (Wildman–Crippen MR) is 115 cm³/mol. The van der Waals surface area contributed by atoms with E-state index in [-0.39, 0.29) is 20.0 Å². The maximum Gasteiger partial charge on any atom is 0.509 e. The molecule has 1 unspecified atom stereocenters. The normalized spacial score (nSPS) is 34.0. The van der Waals surface area contributed by atoms with E-state index < -0.39 is 17.3 Å². The minimum atomic E-state index is -3.20. The molecule has 0 fully saturated rings. The number of rotatable bonds is 1. The minimum Gasteiger partial charge on any atom is -0.404 e. The molecule has 1 spiro atoms. The van der Waals surface area contributed by atoms with E-state index in [4.69, 9.17) is 30.1 Å². The maximum absolute atomic E-state index is 6.82. The van der Waals surface area contributed by atoms with E-state index in [0.717, 1.165) is 0 Å². The summed E-state index contributed by atoms with van der Waals surface area (Å²) in [6.45, 7) is 19.4. The van der Waals surface area contributed by atoms with Crippen LogP contribution in [0, 0.1) is 16.2 Å². The average Bonchev–Trinajstić information content (AvgIpc) is 2.83. The van der Waals surface area contributed by atoms with Crippen molar-refractivity contribution < 1.29 is 0 Å². The van der Waals surface area contributed by atoms with Crippen molar-refractivity contribution in [2.24, 2.45) is 16.2 Å². The second-order valence-electron chi connectivity index (χ2n) is 9.55. The van der Waals surface area contributed by atoms with Crippen molar-refractivity contribution in [3.05, 3.63) is 0 Å². The molecule has 0 saturated carbocycles. The molecule has 7 heteroatoms. The van der Waals surface area contributed by atoms with Crippen LogP contribution in [0.4, 0.5) is 0 Å². The van der Waals surface area contributed by atoms with Crippen molar-refractivity contribution in [3.63, 3.8) is 0 Å². The first-order valence-electron chi connectivity index (χ1n) is 7.73. The highest BCUT2D eigenvalue weighted by atomic mass is 35.8. The smallest absolute Gasteiger partial charge is 0.404 e. The zero-order valence-electron chi connectivity index (χ0n) is 15.1. The summed E-state index contributed by atoms with van der Waals surface area (Å²) in [4.78, 5) is 0. The molecule has 2 aliphatic rings. The van der Waals surface area contributed by atoms with Gasteiger partial charge in [0.15, 0.2) is 0 Å². The Hall–Kier alpha value is 2.17. The van der Waals surface area contributed by atoms with Gasteiger partial charge >= 0.3 is 10.3 Å². The fraction of sp³-hybridized carbons (Fsp3) is 0.867. The highest BCUT2D eigenvalue weighted by Crippen LogP contribution is 3.07. The Morgan fingerprint density at radius 3 is 1.45 bits per heavy atom. The molecule has 2 atom stereocenters. The topological polar surface area (TPSA) is 0 Å². The van der Waals surface area contributed by atoms with Gasteiger partial charge in [0, 0.05) is 10.8 Å². The fourth-order valence-corrected chi connectivity index (χ4v) is 38.1. The molecule has 0 aromatic carbocycles. The SMILES string of the molecule is CC(C)(C)C1=P[C@](C(C)(C)C)([Al-]([Cl])([Cl])[Cl])[P+]12P=C2C(C)(C)C. The first kappa shape index (κ1) is 20.5. The van der Waals surface area contributed by atoms with E-state index >= 15 is 0 Å². The number of halogens is 3. The zero-order valence-corrected chi connectivity index (χ0v) is 21.2. The molecule has 22 heavy (non-hydrogen) atoms. The molecule has 0 amide bonds. The lowest BCUT2D eigenvalue weighted by atomic mass is 9.98. The second kappa shape index (κ2) is 5.34. The Morgan fingerprint density at radius 1 is 0.818 bits per heavy atom.